The highest BCUT2D eigenvalue weighted by Gasteiger charge is 2.30. The van der Waals surface area contributed by atoms with Gasteiger partial charge in [0.2, 0.25) is 5.95 Å². The van der Waals surface area contributed by atoms with Crippen molar-refractivity contribution in [3.63, 3.8) is 0 Å². The van der Waals surface area contributed by atoms with Gasteiger partial charge in [-0.2, -0.15) is 13.2 Å². The number of carbonyl (C=O) groups is 2. The summed E-state index contributed by atoms with van der Waals surface area (Å²) in [7, 11) is 0. The van der Waals surface area contributed by atoms with Gasteiger partial charge in [-0.3, -0.25) is 10.1 Å². The van der Waals surface area contributed by atoms with Crippen molar-refractivity contribution in [3.8, 4) is 5.75 Å². The molecule has 0 saturated carbocycles. The zero-order valence-corrected chi connectivity index (χ0v) is 15.7. The van der Waals surface area contributed by atoms with E-state index in [1.807, 2.05) is 18.2 Å². The normalized spacial score (nSPS) is 11.3. The monoisotopic (exact) mass is 425 g/mol. The molecule has 0 saturated heterocycles. The van der Waals surface area contributed by atoms with Crippen molar-refractivity contribution < 1.29 is 27.5 Å². The molecule has 0 radical (unpaired) electrons. The molecule has 3 aromatic carbocycles. The number of imidazole rings is 1. The van der Waals surface area contributed by atoms with Crippen molar-refractivity contribution in [2.45, 2.75) is 6.18 Å². The fraction of sp³-hybridized carbons (Fsp3) is 0.0455. The molecule has 1 aromatic heterocycles. The maximum Gasteiger partial charge on any atom is 0.416 e. The maximum absolute atomic E-state index is 12.6. The third kappa shape index (κ3) is 4.55. The van der Waals surface area contributed by atoms with Crippen LogP contribution in [0.1, 0.15) is 26.3 Å². The van der Waals surface area contributed by atoms with Gasteiger partial charge in [-0.15, -0.1) is 0 Å². The number of nitrogens with one attached hydrogen (secondary N) is 2. The number of anilines is 1. The summed E-state index contributed by atoms with van der Waals surface area (Å²) in [5, 5.41) is 2.65. The number of aromatic nitrogens is 2. The molecule has 0 atom stereocenters. The van der Waals surface area contributed by atoms with E-state index in [4.69, 9.17) is 4.74 Å². The van der Waals surface area contributed by atoms with E-state index in [2.05, 4.69) is 15.3 Å². The fourth-order valence-corrected chi connectivity index (χ4v) is 2.83. The molecule has 0 fully saturated rings. The van der Waals surface area contributed by atoms with Crippen LogP contribution in [0.25, 0.3) is 11.0 Å². The molecule has 0 unspecified atom stereocenters. The topological polar surface area (TPSA) is 84.1 Å². The van der Waals surface area contributed by atoms with Gasteiger partial charge in [0.05, 0.1) is 22.2 Å². The number of carbonyl (C=O) groups excluding carboxylic acids is 2. The van der Waals surface area contributed by atoms with Crippen LogP contribution in [-0.2, 0) is 6.18 Å². The molecule has 9 heteroatoms. The number of hydrogen-bond donors (Lipinski definition) is 2. The van der Waals surface area contributed by atoms with Gasteiger partial charge < -0.3 is 9.72 Å². The number of amides is 1. The number of nitrogens with zero attached hydrogens (tertiary/aromatic N) is 1. The smallest absolute Gasteiger partial charge is 0.416 e. The number of halogens is 3. The molecule has 0 bridgehead atoms. The third-order valence-electron chi connectivity index (χ3n) is 4.40. The summed E-state index contributed by atoms with van der Waals surface area (Å²) in [5.74, 6) is -0.790. The van der Waals surface area contributed by atoms with Gasteiger partial charge >= 0.3 is 12.1 Å². The van der Waals surface area contributed by atoms with Crippen molar-refractivity contribution in [2.24, 2.45) is 0 Å². The van der Waals surface area contributed by atoms with Gasteiger partial charge in [0.25, 0.3) is 5.91 Å². The highest BCUT2D eigenvalue weighted by molar-refractivity contribution is 6.04. The number of benzene rings is 3. The van der Waals surface area contributed by atoms with Crippen LogP contribution in [-0.4, -0.2) is 21.8 Å². The van der Waals surface area contributed by atoms with Crippen molar-refractivity contribution in [1.82, 2.24) is 9.97 Å². The summed E-state index contributed by atoms with van der Waals surface area (Å²) < 4.78 is 43.0. The standard InChI is InChI=1S/C22H14F3N3O3/c23-22(24,25)15-9-5-14(6-10-15)20(30)31-16-11-7-13(8-12-16)19(29)28-21-26-17-3-1-2-4-18(17)27-21/h1-12H,(H2,26,27,28,29). The quantitative estimate of drug-likeness (QED) is 0.354. The second kappa shape index (κ2) is 7.94. The van der Waals surface area contributed by atoms with E-state index >= 15 is 0 Å². The maximum atomic E-state index is 12.6. The second-order valence-corrected chi connectivity index (χ2v) is 6.55. The summed E-state index contributed by atoms with van der Waals surface area (Å²) in [6.45, 7) is 0. The number of alkyl halides is 3. The van der Waals surface area contributed by atoms with E-state index in [1.54, 1.807) is 6.07 Å². The fourth-order valence-electron chi connectivity index (χ4n) is 2.83. The van der Waals surface area contributed by atoms with Crippen LogP contribution in [0, 0.1) is 0 Å². The Morgan fingerprint density at radius 2 is 1.52 bits per heavy atom. The summed E-state index contributed by atoms with van der Waals surface area (Å²) >= 11 is 0. The predicted octanol–water partition coefficient (Wildman–Crippen LogP) is 5.05. The van der Waals surface area contributed by atoms with Crippen LogP contribution in [0.5, 0.6) is 5.75 Å². The average molecular weight is 425 g/mol. The molecule has 4 rings (SSSR count). The highest BCUT2D eigenvalue weighted by Crippen LogP contribution is 2.29. The molecular weight excluding hydrogens is 411 g/mol. The molecule has 31 heavy (non-hydrogen) atoms. The zero-order chi connectivity index (χ0) is 22.0. The molecule has 2 N–H and O–H groups in total. The Morgan fingerprint density at radius 1 is 0.871 bits per heavy atom. The Morgan fingerprint density at radius 3 is 2.16 bits per heavy atom. The number of ether oxygens (including phenoxy) is 1. The van der Waals surface area contributed by atoms with Crippen LogP contribution >= 0.6 is 0 Å². The van der Waals surface area contributed by atoms with Crippen LogP contribution < -0.4 is 10.1 Å². The molecule has 0 aliphatic heterocycles. The average Bonchev–Trinajstić information content (AvgIpc) is 3.16. The molecule has 0 aliphatic carbocycles. The lowest BCUT2D eigenvalue weighted by atomic mass is 10.1. The summed E-state index contributed by atoms with van der Waals surface area (Å²) in [6, 6.07) is 16.7. The summed E-state index contributed by atoms with van der Waals surface area (Å²) in [6.07, 6.45) is -4.48. The number of esters is 1. The van der Waals surface area contributed by atoms with Gasteiger partial charge in [0, 0.05) is 5.56 Å². The highest BCUT2D eigenvalue weighted by atomic mass is 19.4. The van der Waals surface area contributed by atoms with Gasteiger partial charge in [0.1, 0.15) is 5.75 Å². The first-order chi connectivity index (χ1) is 14.8. The van der Waals surface area contributed by atoms with E-state index in [0.29, 0.717) is 17.0 Å². The lowest BCUT2D eigenvalue weighted by Gasteiger charge is -2.08. The number of rotatable bonds is 4. The first-order valence-corrected chi connectivity index (χ1v) is 9.05. The van der Waals surface area contributed by atoms with Gasteiger partial charge in [-0.05, 0) is 60.7 Å². The Balaban J connectivity index is 1.40. The molecule has 0 aliphatic rings. The van der Waals surface area contributed by atoms with Crippen LogP contribution in [0.4, 0.5) is 19.1 Å². The van der Waals surface area contributed by atoms with Gasteiger partial charge in [-0.25, -0.2) is 9.78 Å². The molecule has 6 nitrogen and oxygen atoms in total. The molecule has 156 valence electrons. The molecule has 1 heterocycles. The molecular formula is C22H14F3N3O3. The van der Waals surface area contributed by atoms with Crippen molar-refractivity contribution in [3.05, 3.63) is 89.5 Å². The summed E-state index contributed by atoms with van der Waals surface area (Å²) in [5.41, 5.74) is 0.907. The van der Waals surface area contributed by atoms with Gasteiger partial charge in [-0.1, -0.05) is 12.1 Å². The molecule has 1 amide bonds. The minimum atomic E-state index is -4.48. The number of aromatic amines is 1. The number of para-hydroxylation sites is 2. The van der Waals surface area contributed by atoms with E-state index in [-0.39, 0.29) is 11.3 Å². The largest absolute Gasteiger partial charge is 0.423 e. The Kier molecular flexibility index (Phi) is 5.16. The Labute approximate surface area is 173 Å². The van der Waals surface area contributed by atoms with E-state index in [1.165, 1.54) is 24.3 Å². The van der Waals surface area contributed by atoms with E-state index in [0.717, 1.165) is 29.8 Å². The van der Waals surface area contributed by atoms with E-state index in [9.17, 15) is 22.8 Å². The third-order valence-corrected chi connectivity index (χ3v) is 4.40. The first-order valence-electron chi connectivity index (χ1n) is 9.05. The SMILES string of the molecule is O=C(Nc1nc2ccccc2[nH]1)c1ccc(OC(=O)c2ccc(C(F)(F)F)cc2)cc1. The van der Waals surface area contributed by atoms with Crippen LogP contribution in [0.3, 0.4) is 0 Å². The number of fused-ring (bicyclic) bond motifs is 1. The minimum absolute atomic E-state index is 0.0281. The van der Waals surface area contributed by atoms with Crippen molar-refractivity contribution in [2.75, 3.05) is 5.32 Å². The lowest BCUT2D eigenvalue weighted by Crippen LogP contribution is -2.13. The number of H-pyrrole nitrogens is 1. The zero-order valence-electron chi connectivity index (χ0n) is 15.7. The van der Waals surface area contributed by atoms with Crippen molar-refractivity contribution in [1.29, 1.82) is 0 Å². The first kappa shape index (κ1) is 20.1. The number of hydrogen-bond acceptors (Lipinski definition) is 4. The van der Waals surface area contributed by atoms with E-state index < -0.39 is 23.6 Å². The Hall–Kier alpha value is -4.14. The van der Waals surface area contributed by atoms with Crippen molar-refractivity contribution >= 4 is 28.9 Å². The van der Waals surface area contributed by atoms with Crippen LogP contribution in [0.15, 0.2) is 72.8 Å². The second-order valence-electron chi connectivity index (χ2n) is 6.55. The minimum Gasteiger partial charge on any atom is -0.423 e. The Bertz CT molecular complexity index is 1210. The lowest BCUT2D eigenvalue weighted by molar-refractivity contribution is -0.137. The van der Waals surface area contributed by atoms with Crippen LogP contribution in [0.2, 0.25) is 0 Å². The van der Waals surface area contributed by atoms with Gasteiger partial charge in [0.15, 0.2) is 0 Å². The summed E-state index contributed by atoms with van der Waals surface area (Å²) in [4.78, 5) is 31.8. The predicted molar refractivity (Wildman–Crippen MR) is 107 cm³/mol. The molecule has 4 aromatic rings. The molecule has 0 spiro atoms.